The largest absolute Gasteiger partial charge is 0.494 e. The smallest absolute Gasteiger partial charge is 0.167 e. The molecule has 0 amide bonds. The van der Waals surface area contributed by atoms with Gasteiger partial charge in [-0.2, -0.15) is 0 Å². The summed E-state index contributed by atoms with van der Waals surface area (Å²) in [6.45, 7) is 22.8. The second-order valence-corrected chi connectivity index (χ2v) is 21.8. The van der Waals surface area contributed by atoms with Crippen LogP contribution in [0.4, 0.5) is 0 Å². The van der Waals surface area contributed by atoms with Crippen molar-refractivity contribution in [2.75, 3.05) is 19.8 Å². The van der Waals surface area contributed by atoms with Crippen molar-refractivity contribution in [2.24, 2.45) is 35.5 Å². The number of benzene rings is 4. The van der Waals surface area contributed by atoms with Crippen LogP contribution in [-0.2, 0) is 0 Å². The normalized spacial score (nSPS) is 13.0. The molecule has 0 saturated heterocycles. The molecule has 3 heterocycles. The molecular weight excluding hydrogens is 895 g/mol. The minimum atomic E-state index is 0.598. The first-order chi connectivity index (χ1) is 34.8. The van der Waals surface area contributed by atoms with Crippen molar-refractivity contribution in [1.82, 2.24) is 15.5 Å². The third-order valence-corrected chi connectivity index (χ3v) is 13.8. The second-order valence-electron chi connectivity index (χ2n) is 21.8. The number of aromatic nitrogens is 3. The van der Waals surface area contributed by atoms with E-state index in [2.05, 4.69) is 77.8 Å². The molecular formula is C63H81N3O6. The zero-order chi connectivity index (χ0) is 50.8. The van der Waals surface area contributed by atoms with E-state index in [0.717, 1.165) is 105 Å². The lowest BCUT2D eigenvalue weighted by Crippen LogP contribution is -2.04. The Morgan fingerprint density at radius 2 is 0.583 bits per heavy atom. The second kappa shape index (κ2) is 27.1. The van der Waals surface area contributed by atoms with Crippen molar-refractivity contribution in [1.29, 1.82) is 0 Å². The minimum Gasteiger partial charge on any atom is -0.494 e. The quantitative estimate of drug-likeness (QED) is 0.0435. The van der Waals surface area contributed by atoms with E-state index < -0.39 is 0 Å². The third kappa shape index (κ3) is 16.7. The molecule has 72 heavy (non-hydrogen) atoms. The van der Waals surface area contributed by atoms with Crippen LogP contribution >= 0.6 is 0 Å². The van der Waals surface area contributed by atoms with Gasteiger partial charge in [0.15, 0.2) is 17.3 Å². The number of ether oxygens (including phenoxy) is 3. The fourth-order valence-corrected chi connectivity index (χ4v) is 9.05. The van der Waals surface area contributed by atoms with Gasteiger partial charge in [-0.1, -0.05) is 136 Å². The van der Waals surface area contributed by atoms with Crippen LogP contribution < -0.4 is 14.2 Å². The molecule has 9 nitrogen and oxygen atoms in total. The first kappa shape index (κ1) is 53.7. The predicted molar refractivity (Wildman–Crippen MR) is 293 cm³/mol. The van der Waals surface area contributed by atoms with Crippen molar-refractivity contribution in [2.45, 2.75) is 139 Å². The van der Waals surface area contributed by atoms with Crippen LogP contribution in [0, 0.1) is 35.5 Å². The van der Waals surface area contributed by atoms with Gasteiger partial charge in [-0.15, -0.1) is 0 Å². The Morgan fingerprint density at radius 1 is 0.319 bits per heavy atom. The lowest BCUT2D eigenvalue weighted by Gasteiger charge is -2.13. The SMILES string of the molecule is CC(C)CCC[C@H](C)CCOc1ccc(-c2cc(-c3cc(-c4cc(-c5ccc(OCC[C@@H](C)CCCC(C)C)cc5)no4)cc(-c4cc(-c5ccc(OCC[C@@H](C)CCCC(C)C)cc5)no4)c3)on2)cc1. The highest BCUT2D eigenvalue weighted by molar-refractivity contribution is 5.80. The summed E-state index contributed by atoms with van der Waals surface area (Å²) in [6, 6.07) is 36.2. The van der Waals surface area contributed by atoms with Crippen molar-refractivity contribution in [3.8, 4) is 85.0 Å². The minimum absolute atomic E-state index is 0.598. The topological polar surface area (TPSA) is 106 Å². The molecule has 9 heteroatoms. The summed E-state index contributed by atoms with van der Waals surface area (Å²) in [5.41, 5.74) is 7.35. The molecule has 0 radical (unpaired) electrons. The molecule has 0 bridgehead atoms. The van der Waals surface area contributed by atoms with E-state index in [1.54, 1.807) is 0 Å². The molecule has 4 aromatic carbocycles. The zero-order valence-corrected chi connectivity index (χ0v) is 44.8. The average molecular weight is 976 g/mol. The van der Waals surface area contributed by atoms with E-state index in [0.29, 0.717) is 54.9 Å². The maximum atomic E-state index is 6.14. The van der Waals surface area contributed by atoms with Crippen LogP contribution in [0.5, 0.6) is 17.2 Å². The van der Waals surface area contributed by atoms with Crippen LogP contribution in [0.3, 0.4) is 0 Å². The standard InChI is InChI=1S/C63H81N3O6/c1-43(2)13-10-16-46(7)31-34-67-55-25-19-49(20-26-55)58-40-61(70-64-58)52-37-53(62-41-59(65-71-62)50-21-27-56(28-22-50)68-35-32-47(8)17-11-14-44(3)4)39-54(38-52)63-42-60(66-72-63)51-23-29-57(30-24-51)69-36-33-48(9)18-12-15-45(5)6/h19-30,37-48H,10-18,31-36H2,1-9H3/t46-,47-,48-/m0/s1. The Labute approximate surface area is 430 Å². The molecule has 0 saturated carbocycles. The van der Waals surface area contributed by atoms with Crippen molar-refractivity contribution < 1.29 is 27.8 Å². The van der Waals surface area contributed by atoms with Gasteiger partial charge in [0.1, 0.15) is 34.3 Å². The van der Waals surface area contributed by atoms with E-state index in [4.69, 9.17) is 27.8 Å². The summed E-state index contributed by atoms with van der Waals surface area (Å²) in [4.78, 5) is 0. The number of hydrogen-bond donors (Lipinski definition) is 0. The molecule has 0 fully saturated rings. The molecule has 384 valence electrons. The summed E-state index contributed by atoms with van der Waals surface area (Å²) in [7, 11) is 0. The number of hydrogen-bond acceptors (Lipinski definition) is 9. The molecule has 0 aliphatic rings. The Hall–Kier alpha value is -6.09. The van der Waals surface area contributed by atoms with E-state index in [1.807, 2.05) is 109 Å². The molecule has 0 aliphatic heterocycles. The van der Waals surface area contributed by atoms with E-state index in [1.165, 1.54) is 57.8 Å². The van der Waals surface area contributed by atoms with Gasteiger partial charge in [-0.25, -0.2) is 0 Å². The van der Waals surface area contributed by atoms with Gasteiger partial charge < -0.3 is 27.8 Å². The van der Waals surface area contributed by atoms with Crippen LogP contribution in [0.15, 0.2) is 123 Å². The van der Waals surface area contributed by atoms with Crippen LogP contribution in [0.1, 0.15) is 139 Å². The van der Waals surface area contributed by atoms with Gasteiger partial charge in [0, 0.05) is 51.6 Å². The van der Waals surface area contributed by atoms with Gasteiger partial charge in [0.2, 0.25) is 0 Å². The number of rotatable bonds is 30. The summed E-state index contributed by atoms with van der Waals surface area (Å²) < 4.78 is 36.6. The van der Waals surface area contributed by atoms with Crippen molar-refractivity contribution in [3.05, 3.63) is 109 Å². The highest BCUT2D eigenvalue weighted by Gasteiger charge is 2.19. The van der Waals surface area contributed by atoms with E-state index in [9.17, 15) is 0 Å². The highest BCUT2D eigenvalue weighted by Crippen LogP contribution is 2.38. The first-order valence-electron chi connectivity index (χ1n) is 27.1. The highest BCUT2D eigenvalue weighted by atomic mass is 16.5. The molecule has 3 atom stereocenters. The maximum absolute atomic E-state index is 6.14. The Balaban J connectivity index is 1.06. The summed E-state index contributed by atoms with van der Waals surface area (Å²) in [5, 5.41) is 13.5. The zero-order valence-electron chi connectivity index (χ0n) is 44.8. The van der Waals surface area contributed by atoms with E-state index in [-0.39, 0.29) is 0 Å². The molecule has 7 rings (SSSR count). The Bertz CT molecular complexity index is 2340. The molecule has 0 N–H and O–H groups in total. The maximum Gasteiger partial charge on any atom is 0.167 e. The van der Waals surface area contributed by atoms with Gasteiger partial charge in [0.05, 0.1) is 19.8 Å². The predicted octanol–water partition coefficient (Wildman–Crippen LogP) is 18.3. The fourth-order valence-electron chi connectivity index (χ4n) is 9.05. The van der Waals surface area contributed by atoms with Crippen molar-refractivity contribution in [3.63, 3.8) is 0 Å². The van der Waals surface area contributed by atoms with E-state index >= 15 is 0 Å². The van der Waals surface area contributed by atoms with Gasteiger partial charge >= 0.3 is 0 Å². The summed E-state index contributed by atoms with van der Waals surface area (Å²) in [6.07, 6.45) is 14.5. The monoisotopic (exact) mass is 976 g/mol. The molecule has 7 aromatic rings. The lowest BCUT2D eigenvalue weighted by atomic mass is 9.98. The fraction of sp³-hybridized carbons (Fsp3) is 0.476. The van der Waals surface area contributed by atoms with Crippen LogP contribution in [-0.4, -0.2) is 35.3 Å². The third-order valence-electron chi connectivity index (χ3n) is 13.8. The van der Waals surface area contributed by atoms with Gasteiger partial charge in [0.25, 0.3) is 0 Å². The average Bonchev–Trinajstić information content (AvgIpc) is 4.18. The van der Waals surface area contributed by atoms with Crippen molar-refractivity contribution >= 4 is 0 Å². The molecule has 0 spiro atoms. The lowest BCUT2D eigenvalue weighted by molar-refractivity contribution is 0.275. The van der Waals surface area contributed by atoms with Crippen LogP contribution in [0.25, 0.3) is 67.7 Å². The molecule has 0 aliphatic carbocycles. The Kier molecular flexibility index (Phi) is 20.2. The summed E-state index contributed by atoms with van der Waals surface area (Å²) >= 11 is 0. The van der Waals surface area contributed by atoms with Gasteiger partial charge in [-0.05, 0) is 146 Å². The summed E-state index contributed by atoms with van der Waals surface area (Å²) in [5.74, 6) is 8.53. The number of nitrogens with zero attached hydrogens (tertiary/aromatic N) is 3. The van der Waals surface area contributed by atoms with Crippen LogP contribution in [0.2, 0.25) is 0 Å². The van der Waals surface area contributed by atoms with Gasteiger partial charge in [-0.3, -0.25) is 0 Å². The molecule has 3 aromatic heterocycles. The Morgan fingerprint density at radius 3 is 0.833 bits per heavy atom. The first-order valence-corrected chi connectivity index (χ1v) is 27.1. The molecule has 0 unspecified atom stereocenters.